The van der Waals surface area contributed by atoms with Crippen molar-refractivity contribution in [3.63, 3.8) is 0 Å². The van der Waals surface area contributed by atoms with Crippen LogP contribution in [-0.4, -0.2) is 36.1 Å². The number of piperidine rings is 1. The second-order valence-electron chi connectivity index (χ2n) is 3.79. The minimum absolute atomic E-state index is 0. The Labute approximate surface area is 107 Å². The molecule has 0 aromatic carbocycles. The monoisotopic (exact) mass is 262 g/mol. The summed E-state index contributed by atoms with van der Waals surface area (Å²) in [5, 5.41) is 3.69. The molecule has 2 rings (SSSR count). The van der Waals surface area contributed by atoms with Gasteiger partial charge in [0.2, 0.25) is 5.28 Å². The molecule has 90 valence electrons. The summed E-state index contributed by atoms with van der Waals surface area (Å²) in [6.45, 7) is 2.13. The summed E-state index contributed by atoms with van der Waals surface area (Å²) in [5.74, 6) is 0.892. The van der Waals surface area contributed by atoms with E-state index in [4.69, 9.17) is 11.6 Å². The van der Waals surface area contributed by atoms with Crippen molar-refractivity contribution in [1.29, 1.82) is 0 Å². The molecule has 0 unspecified atom stereocenters. The maximum Gasteiger partial charge on any atom is 0.224 e. The summed E-state index contributed by atoms with van der Waals surface area (Å²) < 4.78 is 0. The summed E-state index contributed by atoms with van der Waals surface area (Å²) in [4.78, 5) is 10.2. The van der Waals surface area contributed by atoms with Gasteiger partial charge in [0.25, 0.3) is 0 Å². The third-order valence-electron chi connectivity index (χ3n) is 2.79. The van der Waals surface area contributed by atoms with Gasteiger partial charge in [-0.1, -0.05) is 0 Å². The van der Waals surface area contributed by atoms with Gasteiger partial charge in [-0.15, -0.1) is 12.4 Å². The van der Waals surface area contributed by atoms with Crippen LogP contribution in [0.25, 0.3) is 0 Å². The predicted molar refractivity (Wildman–Crippen MR) is 68.6 cm³/mol. The molecule has 1 atom stereocenters. The highest BCUT2D eigenvalue weighted by Gasteiger charge is 2.18. The van der Waals surface area contributed by atoms with Crippen LogP contribution in [0.2, 0.25) is 5.28 Å². The molecule has 1 aliphatic rings. The highest BCUT2D eigenvalue weighted by molar-refractivity contribution is 6.28. The van der Waals surface area contributed by atoms with Crippen molar-refractivity contribution >= 4 is 29.8 Å². The Hall–Kier alpha value is -0.580. The Kier molecular flexibility index (Phi) is 5.25. The molecule has 16 heavy (non-hydrogen) atoms. The molecule has 1 aromatic rings. The number of aromatic nitrogens is 2. The lowest BCUT2D eigenvalue weighted by molar-refractivity contribution is 0.443. The fourth-order valence-electron chi connectivity index (χ4n) is 1.87. The van der Waals surface area contributed by atoms with E-state index in [0.717, 1.165) is 18.9 Å². The summed E-state index contributed by atoms with van der Waals surface area (Å²) in [7, 11) is 2.05. The van der Waals surface area contributed by atoms with Crippen molar-refractivity contribution < 1.29 is 0 Å². The van der Waals surface area contributed by atoms with E-state index in [2.05, 4.69) is 27.2 Å². The summed E-state index contributed by atoms with van der Waals surface area (Å²) in [5.41, 5.74) is 0. The zero-order valence-electron chi connectivity index (χ0n) is 9.19. The standard InChI is InChI=1S/C10H15ClN4.ClH/c1-15(8-3-2-5-12-7-8)9-4-6-13-10(11)14-9;/h4,6,8,12H,2-3,5,7H2,1H3;1H/t8-;/m0./s1. The molecule has 0 saturated carbocycles. The Balaban J connectivity index is 0.00000128. The number of hydrogen-bond donors (Lipinski definition) is 1. The SMILES string of the molecule is CN(c1ccnc(Cl)n1)[C@H]1CCCNC1.Cl. The van der Waals surface area contributed by atoms with Crippen LogP contribution in [0.4, 0.5) is 5.82 Å². The zero-order valence-corrected chi connectivity index (χ0v) is 10.8. The van der Waals surface area contributed by atoms with E-state index in [1.165, 1.54) is 12.8 Å². The molecule has 4 nitrogen and oxygen atoms in total. The van der Waals surface area contributed by atoms with Gasteiger partial charge < -0.3 is 10.2 Å². The van der Waals surface area contributed by atoms with Gasteiger partial charge in [-0.05, 0) is 37.1 Å². The predicted octanol–water partition coefficient (Wildman–Crippen LogP) is 1.74. The number of likely N-dealkylation sites (N-methyl/N-ethyl adjacent to an activating group) is 1. The van der Waals surface area contributed by atoms with E-state index in [0.29, 0.717) is 11.3 Å². The quantitative estimate of drug-likeness (QED) is 0.825. The number of rotatable bonds is 2. The molecule has 1 fully saturated rings. The van der Waals surface area contributed by atoms with Crippen LogP contribution in [0.5, 0.6) is 0 Å². The van der Waals surface area contributed by atoms with Crippen LogP contribution in [0, 0.1) is 0 Å². The minimum atomic E-state index is 0. The Bertz CT molecular complexity index is 328. The van der Waals surface area contributed by atoms with Gasteiger partial charge in [0.1, 0.15) is 5.82 Å². The van der Waals surface area contributed by atoms with Gasteiger partial charge in [-0.2, -0.15) is 0 Å². The van der Waals surface area contributed by atoms with Gasteiger partial charge in [-0.3, -0.25) is 0 Å². The molecule has 1 saturated heterocycles. The largest absolute Gasteiger partial charge is 0.355 e. The normalized spacial score (nSPS) is 20.0. The second kappa shape index (κ2) is 6.23. The number of nitrogens with zero attached hydrogens (tertiary/aromatic N) is 3. The lowest BCUT2D eigenvalue weighted by Gasteiger charge is -2.32. The summed E-state index contributed by atoms with van der Waals surface area (Å²) >= 11 is 5.76. The fraction of sp³-hybridized carbons (Fsp3) is 0.600. The first-order chi connectivity index (χ1) is 7.27. The van der Waals surface area contributed by atoms with Crippen molar-refractivity contribution in [1.82, 2.24) is 15.3 Å². The lowest BCUT2D eigenvalue weighted by atomic mass is 10.1. The lowest BCUT2D eigenvalue weighted by Crippen LogP contribution is -2.44. The van der Waals surface area contributed by atoms with Crippen LogP contribution in [0.3, 0.4) is 0 Å². The van der Waals surface area contributed by atoms with E-state index < -0.39 is 0 Å². The van der Waals surface area contributed by atoms with E-state index in [9.17, 15) is 0 Å². The Morgan fingerprint density at radius 3 is 3.00 bits per heavy atom. The molecule has 1 aromatic heterocycles. The van der Waals surface area contributed by atoms with E-state index in [1.807, 2.05) is 6.07 Å². The Morgan fingerprint density at radius 2 is 2.38 bits per heavy atom. The average molecular weight is 263 g/mol. The van der Waals surface area contributed by atoms with Crippen LogP contribution >= 0.6 is 24.0 Å². The molecule has 2 heterocycles. The van der Waals surface area contributed by atoms with E-state index in [-0.39, 0.29) is 12.4 Å². The maximum absolute atomic E-state index is 5.76. The van der Waals surface area contributed by atoms with Crippen LogP contribution in [-0.2, 0) is 0 Å². The zero-order chi connectivity index (χ0) is 10.7. The summed E-state index contributed by atoms with van der Waals surface area (Å²) in [6, 6.07) is 2.39. The summed E-state index contributed by atoms with van der Waals surface area (Å²) in [6.07, 6.45) is 4.11. The van der Waals surface area contributed by atoms with Crippen molar-refractivity contribution in [2.24, 2.45) is 0 Å². The number of halogens is 2. The van der Waals surface area contributed by atoms with Crippen molar-refractivity contribution in [2.75, 3.05) is 25.0 Å². The number of hydrogen-bond acceptors (Lipinski definition) is 4. The molecule has 1 aliphatic heterocycles. The molecule has 1 N–H and O–H groups in total. The first kappa shape index (κ1) is 13.5. The topological polar surface area (TPSA) is 41.1 Å². The third kappa shape index (κ3) is 3.20. The van der Waals surface area contributed by atoms with Gasteiger partial charge in [0.05, 0.1) is 0 Å². The van der Waals surface area contributed by atoms with Gasteiger partial charge in [0.15, 0.2) is 0 Å². The minimum Gasteiger partial charge on any atom is -0.355 e. The molecule has 6 heteroatoms. The second-order valence-corrected chi connectivity index (χ2v) is 4.13. The molecular formula is C10H16Cl2N4. The smallest absolute Gasteiger partial charge is 0.224 e. The molecule has 0 bridgehead atoms. The van der Waals surface area contributed by atoms with Crippen molar-refractivity contribution in [3.8, 4) is 0 Å². The van der Waals surface area contributed by atoms with E-state index >= 15 is 0 Å². The maximum atomic E-state index is 5.76. The third-order valence-corrected chi connectivity index (χ3v) is 2.97. The van der Waals surface area contributed by atoms with Crippen molar-refractivity contribution in [3.05, 3.63) is 17.5 Å². The highest BCUT2D eigenvalue weighted by atomic mass is 35.5. The molecule has 0 radical (unpaired) electrons. The highest BCUT2D eigenvalue weighted by Crippen LogP contribution is 2.17. The van der Waals surface area contributed by atoms with Crippen molar-refractivity contribution in [2.45, 2.75) is 18.9 Å². The van der Waals surface area contributed by atoms with Crippen LogP contribution in [0.1, 0.15) is 12.8 Å². The van der Waals surface area contributed by atoms with Gasteiger partial charge in [-0.25, -0.2) is 9.97 Å². The van der Waals surface area contributed by atoms with Gasteiger partial charge in [0, 0.05) is 25.8 Å². The Morgan fingerprint density at radius 1 is 1.56 bits per heavy atom. The molecule has 0 spiro atoms. The van der Waals surface area contributed by atoms with Gasteiger partial charge >= 0.3 is 0 Å². The molecule has 0 amide bonds. The van der Waals surface area contributed by atoms with Crippen LogP contribution in [0.15, 0.2) is 12.3 Å². The first-order valence-corrected chi connectivity index (χ1v) is 5.57. The molecular weight excluding hydrogens is 247 g/mol. The number of anilines is 1. The molecule has 0 aliphatic carbocycles. The number of nitrogens with one attached hydrogen (secondary N) is 1. The van der Waals surface area contributed by atoms with E-state index in [1.54, 1.807) is 6.20 Å². The average Bonchev–Trinajstić information content (AvgIpc) is 2.29. The fourth-order valence-corrected chi connectivity index (χ4v) is 2.02. The van der Waals surface area contributed by atoms with Crippen LogP contribution < -0.4 is 10.2 Å². The first-order valence-electron chi connectivity index (χ1n) is 5.19.